The maximum atomic E-state index is 11.8. The number of rotatable bonds is 4. The number of carbonyl (C=O) groups excluding carboxylic acids is 2. The van der Waals surface area contributed by atoms with Gasteiger partial charge < -0.3 is 19.8 Å². The average molecular weight is 631 g/mol. The Balaban J connectivity index is 0.000000200. The van der Waals surface area contributed by atoms with Crippen LogP contribution in [0.25, 0.3) is 0 Å². The largest absolute Gasteiger partial charge is 2.00 e. The second-order valence-electron chi connectivity index (χ2n) is 17.9. The minimum atomic E-state index is -0.823. The Morgan fingerprint density at radius 3 is 1.31 bits per heavy atom. The maximum Gasteiger partial charge on any atom is 2.00 e. The molecule has 0 N–H and O–H groups in total. The van der Waals surface area contributed by atoms with E-state index in [1.807, 2.05) is 13.8 Å². The summed E-state index contributed by atoms with van der Waals surface area (Å²) < 4.78 is 0. The first-order chi connectivity index (χ1) is 20.6. The van der Waals surface area contributed by atoms with Crippen LogP contribution in [-0.4, -0.2) is 35.0 Å². The number of carbonyl (C=O) groups is 2. The minimum absolute atomic E-state index is 0. The molecule has 0 saturated heterocycles. The smallest absolute Gasteiger partial charge is 0.550 e. The molecule has 0 aromatic heterocycles. The summed E-state index contributed by atoms with van der Waals surface area (Å²) in [7, 11) is 0. The molecule has 6 aliphatic rings. The van der Waals surface area contributed by atoms with Crippen molar-refractivity contribution >= 4 is 35.0 Å². The Kier molecular flexibility index (Phi) is 11.2. The second-order valence-corrected chi connectivity index (χ2v) is 17.9. The SMILES string of the molecule is CC(C)C1CC[C@H]2C(=CCC3[C@](C)(C(=O)[O-])CCC[C@@]32C)C1.CC(C)C1CC[C@H]2C(=CCC3[C@](C)(C(=O)[O-])CCC[C@@]32C)C1.[Mg+2]. The Morgan fingerprint density at radius 2 is 1.00 bits per heavy atom. The zero-order chi connectivity index (χ0) is 32.2. The summed E-state index contributed by atoms with van der Waals surface area (Å²) in [6.07, 6.45) is 20.4. The van der Waals surface area contributed by atoms with E-state index < -0.39 is 22.8 Å². The Hall–Kier alpha value is -0.814. The number of carboxylic acid groups (broad SMARTS) is 2. The number of fused-ring (bicyclic) bond motifs is 6. The summed E-state index contributed by atoms with van der Waals surface area (Å²) in [4.78, 5) is 23.7. The molecule has 248 valence electrons. The van der Waals surface area contributed by atoms with Crippen LogP contribution in [0.5, 0.6) is 0 Å². The molecule has 0 heterocycles. The van der Waals surface area contributed by atoms with Crippen molar-refractivity contribution in [3.63, 3.8) is 0 Å². The fourth-order valence-corrected chi connectivity index (χ4v) is 12.1. The van der Waals surface area contributed by atoms with E-state index in [0.29, 0.717) is 11.8 Å². The van der Waals surface area contributed by atoms with Gasteiger partial charge in [-0.1, -0.05) is 91.5 Å². The molecule has 0 aliphatic heterocycles. The number of hydrogen-bond acceptors (Lipinski definition) is 4. The molecule has 4 fully saturated rings. The average Bonchev–Trinajstić information content (AvgIpc) is 2.96. The van der Waals surface area contributed by atoms with Crippen molar-refractivity contribution in [2.24, 2.45) is 69.0 Å². The molecule has 45 heavy (non-hydrogen) atoms. The number of allylic oxidation sites excluding steroid dienone is 4. The summed E-state index contributed by atoms with van der Waals surface area (Å²) in [6.45, 7) is 18.0. The van der Waals surface area contributed by atoms with E-state index in [1.165, 1.54) is 51.4 Å². The molecule has 0 aromatic rings. The van der Waals surface area contributed by atoms with E-state index in [9.17, 15) is 19.8 Å². The summed E-state index contributed by atoms with van der Waals surface area (Å²) in [5, 5.41) is 23.7. The van der Waals surface area contributed by atoms with Crippen molar-refractivity contribution in [2.45, 2.75) is 145 Å². The predicted molar refractivity (Wildman–Crippen MR) is 180 cm³/mol. The van der Waals surface area contributed by atoms with Crippen LogP contribution in [0, 0.1) is 69.0 Å². The van der Waals surface area contributed by atoms with Gasteiger partial charge in [0, 0.05) is 22.8 Å². The van der Waals surface area contributed by atoms with Gasteiger partial charge in [0.25, 0.3) is 0 Å². The third kappa shape index (κ3) is 6.38. The van der Waals surface area contributed by atoms with E-state index in [1.54, 1.807) is 11.1 Å². The normalized spacial score (nSPS) is 44.0. The standard InChI is InChI=1S/2C20H32O2.Mg/c2*1-13(2)14-6-8-16-15(12-14)7-9-17-19(16,3)10-5-11-20(17,4)18(21)22;/h2*7,13-14,16-17H,5-6,8-12H2,1-4H3,(H,21,22);/q;;+2/p-2/t2*14?,16-,17?,19+,20+;/m00./s1. The van der Waals surface area contributed by atoms with Crippen LogP contribution in [0.1, 0.15) is 145 Å². The minimum Gasteiger partial charge on any atom is -0.550 e. The molecule has 0 radical (unpaired) electrons. The molecule has 5 heteroatoms. The molecule has 0 aromatic carbocycles. The molecule has 6 aliphatic carbocycles. The first-order valence-corrected chi connectivity index (χ1v) is 18.4. The molecule has 10 atom stereocenters. The molecular weight excluding hydrogens is 569 g/mol. The molecule has 0 bridgehead atoms. The first kappa shape index (κ1) is 37.0. The molecule has 0 spiro atoms. The third-order valence-electron chi connectivity index (χ3n) is 15.1. The molecule has 4 nitrogen and oxygen atoms in total. The second kappa shape index (κ2) is 13.6. The van der Waals surface area contributed by atoms with Gasteiger partial charge in [0.2, 0.25) is 0 Å². The summed E-state index contributed by atoms with van der Waals surface area (Å²) in [6, 6.07) is 0. The zero-order valence-electron chi connectivity index (χ0n) is 30.0. The van der Waals surface area contributed by atoms with E-state index in [-0.39, 0.29) is 45.7 Å². The molecule has 6 rings (SSSR count). The van der Waals surface area contributed by atoms with Crippen molar-refractivity contribution in [3.8, 4) is 0 Å². The van der Waals surface area contributed by atoms with Gasteiger partial charge >= 0.3 is 23.1 Å². The van der Waals surface area contributed by atoms with Gasteiger partial charge in [-0.25, -0.2) is 0 Å². The Morgan fingerprint density at radius 1 is 0.644 bits per heavy atom. The molecular formula is C40H62MgO4. The van der Waals surface area contributed by atoms with Crippen LogP contribution in [0.2, 0.25) is 0 Å². The third-order valence-corrected chi connectivity index (χ3v) is 15.1. The fraction of sp³-hybridized carbons (Fsp3) is 0.850. The van der Waals surface area contributed by atoms with Crippen molar-refractivity contribution in [1.82, 2.24) is 0 Å². The number of hydrogen-bond donors (Lipinski definition) is 0. The van der Waals surface area contributed by atoms with Crippen molar-refractivity contribution in [1.29, 1.82) is 0 Å². The molecule has 4 unspecified atom stereocenters. The molecule has 0 amide bonds. The Bertz CT molecular complexity index is 1080. The number of aliphatic carboxylic acids is 2. The monoisotopic (exact) mass is 630 g/mol. The van der Waals surface area contributed by atoms with Crippen LogP contribution in [0.15, 0.2) is 23.3 Å². The first-order valence-electron chi connectivity index (χ1n) is 18.4. The summed E-state index contributed by atoms with van der Waals surface area (Å²) in [5.41, 5.74) is 2.35. The van der Waals surface area contributed by atoms with Gasteiger partial charge in [0.1, 0.15) is 0 Å². The fourth-order valence-electron chi connectivity index (χ4n) is 12.1. The van der Waals surface area contributed by atoms with E-state index in [0.717, 1.165) is 62.2 Å². The van der Waals surface area contributed by atoms with Crippen molar-refractivity contribution in [2.75, 3.05) is 0 Å². The predicted octanol–water partition coefficient (Wildman–Crippen LogP) is 7.52. The van der Waals surface area contributed by atoms with Crippen molar-refractivity contribution in [3.05, 3.63) is 23.3 Å². The maximum absolute atomic E-state index is 11.8. The van der Waals surface area contributed by atoms with Crippen LogP contribution in [0.3, 0.4) is 0 Å². The zero-order valence-corrected chi connectivity index (χ0v) is 31.4. The van der Waals surface area contributed by atoms with E-state index >= 15 is 0 Å². The van der Waals surface area contributed by atoms with Crippen LogP contribution in [0.4, 0.5) is 0 Å². The van der Waals surface area contributed by atoms with Crippen molar-refractivity contribution < 1.29 is 19.8 Å². The Labute approximate surface area is 291 Å². The van der Waals surface area contributed by atoms with Gasteiger partial charge in [-0.05, 0) is 135 Å². The van der Waals surface area contributed by atoms with Crippen LogP contribution in [-0.2, 0) is 9.59 Å². The van der Waals surface area contributed by atoms with Gasteiger partial charge in [0.05, 0.1) is 0 Å². The van der Waals surface area contributed by atoms with Crippen LogP contribution >= 0.6 is 0 Å². The summed E-state index contributed by atoms with van der Waals surface area (Å²) >= 11 is 0. The van der Waals surface area contributed by atoms with Gasteiger partial charge in [-0.15, -0.1) is 0 Å². The van der Waals surface area contributed by atoms with Gasteiger partial charge in [-0.3, -0.25) is 0 Å². The quantitative estimate of drug-likeness (QED) is 0.238. The van der Waals surface area contributed by atoms with Gasteiger partial charge in [-0.2, -0.15) is 0 Å². The summed E-state index contributed by atoms with van der Waals surface area (Å²) in [5.74, 6) is 3.23. The molecule has 4 saturated carbocycles. The van der Waals surface area contributed by atoms with E-state index in [4.69, 9.17) is 0 Å². The van der Waals surface area contributed by atoms with Gasteiger partial charge in [0.15, 0.2) is 0 Å². The topological polar surface area (TPSA) is 80.3 Å². The van der Waals surface area contributed by atoms with Crippen LogP contribution < -0.4 is 10.2 Å². The number of carboxylic acids is 2. The van der Waals surface area contributed by atoms with E-state index in [2.05, 4.69) is 53.7 Å².